The fourth-order valence-corrected chi connectivity index (χ4v) is 2.29. The lowest BCUT2D eigenvalue weighted by Gasteiger charge is -2.36. The highest BCUT2D eigenvalue weighted by Gasteiger charge is 2.30. The summed E-state index contributed by atoms with van der Waals surface area (Å²) in [6.45, 7) is 12.2. The zero-order valence-corrected chi connectivity index (χ0v) is 14.8. The molecule has 0 saturated heterocycles. The molecule has 0 spiro atoms. The fraction of sp³-hybridized carbons (Fsp3) is 0.938. The molecule has 1 unspecified atom stereocenters. The van der Waals surface area contributed by atoms with E-state index in [0.29, 0.717) is 38.3 Å². The van der Waals surface area contributed by atoms with E-state index >= 15 is 0 Å². The Balaban J connectivity index is 4.82. The number of carbonyl (C=O) groups excluding carboxylic acids is 1. The Bertz CT molecular complexity index is 290. The number of hydrogen-bond acceptors (Lipinski definition) is 4. The predicted octanol–water partition coefficient (Wildman–Crippen LogP) is 1.46. The Morgan fingerprint density at radius 2 is 1.76 bits per heavy atom. The number of aliphatic hydroxyl groups excluding tert-OH is 1. The van der Waals surface area contributed by atoms with Gasteiger partial charge in [0.25, 0.3) is 0 Å². The maximum absolute atomic E-state index is 12.6. The first-order valence-corrected chi connectivity index (χ1v) is 7.75. The maximum atomic E-state index is 12.6. The van der Waals surface area contributed by atoms with Crippen LogP contribution in [0.2, 0.25) is 0 Å². The Labute approximate surface area is 130 Å². The van der Waals surface area contributed by atoms with Gasteiger partial charge >= 0.3 is 0 Å². The molecule has 0 aliphatic heterocycles. The molecule has 0 aliphatic carbocycles. The maximum Gasteiger partial charge on any atom is 0.228 e. The van der Waals surface area contributed by atoms with Crippen molar-refractivity contribution in [1.29, 1.82) is 0 Å². The summed E-state index contributed by atoms with van der Waals surface area (Å²) < 4.78 is 5.32. The minimum atomic E-state index is -0.398. The first-order chi connectivity index (χ1) is 9.61. The Morgan fingerprint density at radius 1 is 1.19 bits per heavy atom. The van der Waals surface area contributed by atoms with Crippen molar-refractivity contribution < 1.29 is 14.6 Å². The van der Waals surface area contributed by atoms with Gasteiger partial charge in [-0.1, -0.05) is 34.6 Å². The molecular weight excluding hydrogens is 268 g/mol. The van der Waals surface area contributed by atoms with Gasteiger partial charge in [0, 0.05) is 24.5 Å². The molecule has 1 amide bonds. The zero-order valence-electron chi connectivity index (χ0n) is 14.8. The van der Waals surface area contributed by atoms with E-state index in [-0.39, 0.29) is 12.5 Å². The average Bonchev–Trinajstić information content (AvgIpc) is 2.35. The SMILES string of the molecule is CC(C)C(CN(CCOCCO)C(=O)C(C)(C)C)N(C)C. The van der Waals surface area contributed by atoms with Crippen molar-refractivity contribution in [2.45, 2.75) is 40.7 Å². The van der Waals surface area contributed by atoms with Crippen LogP contribution in [0.5, 0.6) is 0 Å². The van der Waals surface area contributed by atoms with Crippen molar-refractivity contribution in [3.8, 4) is 0 Å². The number of ether oxygens (including phenoxy) is 1. The minimum Gasteiger partial charge on any atom is -0.394 e. The number of amides is 1. The van der Waals surface area contributed by atoms with Crippen molar-refractivity contribution in [3.63, 3.8) is 0 Å². The van der Waals surface area contributed by atoms with Crippen LogP contribution in [0.25, 0.3) is 0 Å². The van der Waals surface area contributed by atoms with Crippen molar-refractivity contribution in [2.75, 3.05) is 47.0 Å². The molecule has 1 atom stereocenters. The first kappa shape index (κ1) is 20.3. The quantitative estimate of drug-likeness (QED) is 0.655. The molecule has 0 aromatic carbocycles. The van der Waals surface area contributed by atoms with Crippen LogP contribution < -0.4 is 0 Å². The van der Waals surface area contributed by atoms with Gasteiger partial charge in [-0.25, -0.2) is 0 Å². The standard InChI is InChI=1S/C16H34N2O3/c1-13(2)14(17(6)7)12-18(8-10-21-11-9-19)15(20)16(3,4)5/h13-14,19H,8-12H2,1-7H3. The Hall–Kier alpha value is -0.650. The van der Waals surface area contributed by atoms with Crippen molar-refractivity contribution in [1.82, 2.24) is 9.80 Å². The van der Waals surface area contributed by atoms with Crippen LogP contribution in [0.3, 0.4) is 0 Å². The van der Waals surface area contributed by atoms with E-state index in [1.165, 1.54) is 0 Å². The number of rotatable bonds is 9. The lowest BCUT2D eigenvalue weighted by atomic mass is 9.93. The van der Waals surface area contributed by atoms with Gasteiger partial charge in [0.2, 0.25) is 5.91 Å². The van der Waals surface area contributed by atoms with Crippen LogP contribution in [0.4, 0.5) is 0 Å². The van der Waals surface area contributed by atoms with Crippen molar-refractivity contribution in [2.24, 2.45) is 11.3 Å². The molecular formula is C16H34N2O3. The van der Waals surface area contributed by atoms with Crippen LogP contribution >= 0.6 is 0 Å². The molecule has 0 aromatic heterocycles. The van der Waals surface area contributed by atoms with Gasteiger partial charge in [0.15, 0.2) is 0 Å². The van der Waals surface area contributed by atoms with Crippen LogP contribution in [-0.2, 0) is 9.53 Å². The van der Waals surface area contributed by atoms with Gasteiger partial charge in [0.05, 0.1) is 19.8 Å². The van der Waals surface area contributed by atoms with Crippen LogP contribution in [0, 0.1) is 11.3 Å². The van der Waals surface area contributed by atoms with Crippen molar-refractivity contribution in [3.05, 3.63) is 0 Å². The van der Waals surface area contributed by atoms with Gasteiger partial charge in [-0.3, -0.25) is 4.79 Å². The van der Waals surface area contributed by atoms with E-state index in [1.54, 1.807) is 0 Å². The average molecular weight is 302 g/mol. The van der Waals surface area contributed by atoms with E-state index in [0.717, 1.165) is 0 Å². The molecule has 126 valence electrons. The van der Waals surface area contributed by atoms with Crippen molar-refractivity contribution >= 4 is 5.91 Å². The summed E-state index contributed by atoms with van der Waals surface area (Å²) in [7, 11) is 4.10. The van der Waals surface area contributed by atoms with Gasteiger partial charge in [-0.05, 0) is 20.0 Å². The molecule has 5 nitrogen and oxygen atoms in total. The third-order valence-corrected chi connectivity index (χ3v) is 3.51. The number of nitrogens with zero attached hydrogens (tertiary/aromatic N) is 2. The summed E-state index contributed by atoms with van der Waals surface area (Å²) in [6, 6.07) is 0.314. The molecule has 0 aromatic rings. The Kier molecular flexibility index (Phi) is 9.09. The van der Waals surface area contributed by atoms with Gasteiger partial charge < -0.3 is 19.6 Å². The topological polar surface area (TPSA) is 53.0 Å². The van der Waals surface area contributed by atoms with E-state index < -0.39 is 5.41 Å². The summed E-state index contributed by atoms with van der Waals surface area (Å²) in [6.07, 6.45) is 0. The second-order valence-electron chi connectivity index (χ2n) is 7.11. The summed E-state index contributed by atoms with van der Waals surface area (Å²) in [5.74, 6) is 0.608. The van der Waals surface area contributed by atoms with Gasteiger partial charge in [-0.15, -0.1) is 0 Å². The molecule has 0 radical (unpaired) electrons. The van der Waals surface area contributed by atoms with E-state index in [4.69, 9.17) is 9.84 Å². The van der Waals surface area contributed by atoms with E-state index in [2.05, 4.69) is 18.7 Å². The minimum absolute atomic E-state index is 0.0134. The second kappa shape index (κ2) is 9.38. The molecule has 5 heteroatoms. The smallest absolute Gasteiger partial charge is 0.228 e. The van der Waals surface area contributed by atoms with E-state index in [9.17, 15) is 4.79 Å². The van der Waals surface area contributed by atoms with Crippen LogP contribution in [0.1, 0.15) is 34.6 Å². The van der Waals surface area contributed by atoms with Crippen LogP contribution in [-0.4, -0.2) is 73.9 Å². The summed E-state index contributed by atoms with van der Waals surface area (Å²) in [5, 5.41) is 8.75. The van der Waals surface area contributed by atoms with Crippen LogP contribution in [0.15, 0.2) is 0 Å². The number of carbonyl (C=O) groups is 1. The third-order valence-electron chi connectivity index (χ3n) is 3.51. The number of hydrogen-bond donors (Lipinski definition) is 1. The number of aliphatic hydroxyl groups is 1. The highest BCUT2D eigenvalue weighted by Crippen LogP contribution is 2.19. The molecule has 0 rings (SSSR count). The summed E-state index contributed by atoms with van der Waals surface area (Å²) in [5.41, 5.74) is -0.398. The molecule has 0 saturated carbocycles. The monoisotopic (exact) mass is 302 g/mol. The number of likely N-dealkylation sites (N-methyl/N-ethyl adjacent to an activating group) is 1. The second-order valence-corrected chi connectivity index (χ2v) is 7.11. The fourth-order valence-electron chi connectivity index (χ4n) is 2.29. The molecule has 0 bridgehead atoms. The first-order valence-electron chi connectivity index (χ1n) is 7.75. The summed E-state index contributed by atoms with van der Waals surface area (Å²) >= 11 is 0. The highest BCUT2D eigenvalue weighted by atomic mass is 16.5. The summed E-state index contributed by atoms with van der Waals surface area (Å²) in [4.78, 5) is 16.7. The molecule has 21 heavy (non-hydrogen) atoms. The molecule has 0 fully saturated rings. The van der Waals surface area contributed by atoms with Gasteiger partial charge in [-0.2, -0.15) is 0 Å². The van der Waals surface area contributed by atoms with E-state index in [1.807, 2.05) is 39.8 Å². The zero-order chi connectivity index (χ0) is 16.6. The molecule has 0 aliphatic rings. The normalized spacial score (nSPS) is 13.8. The highest BCUT2D eigenvalue weighted by molar-refractivity contribution is 5.81. The lowest BCUT2D eigenvalue weighted by molar-refractivity contribution is -0.141. The third kappa shape index (κ3) is 7.79. The molecule has 1 N–H and O–H groups in total. The predicted molar refractivity (Wildman–Crippen MR) is 86.3 cm³/mol. The molecule has 0 heterocycles. The lowest BCUT2D eigenvalue weighted by Crippen LogP contribution is -2.49. The Morgan fingerprint density at radius 3 is 2.14 bits per heavy atom. The van der Waals surface area contributed by atoms with Gasteiger partial charge in [0.1, 0.15) is 0 Å². The largest absolute Gasteiger partial charge is 0.394 e.